The molecule has 4 N–H and O–H groups in total. The first kappa shape index (κ1) is 31.8. The molecular formula is C38H54O6. The zero-order valence-corrected chi connectivity index (χ0v) is 27.6. The van der Waals surface area contributed by atoms with Crippen LogP contribution in [0.1, 0.15) is 105 Å². The Labute approximate surface area is 263 Å². The van der Waals surface area contributed by atoms with Gasteiger partial charge in [-0.05, 0) is 121 Å². The average Bonchev–Trinajstić information content (AvgIpc) is 3.28. The van der Waals surface area contributed by atoms with Crippen molar-refractivity contribution < 1.29 is 30.0 Å². The Hall–Kier alpha value is -2.15. The van der Waals surface area contributed by atoms with E-state index in [1.807, 2.05) is 6.92 Å². The van der Waals surface area contributed by atoms with E-state index in [1.54, 1.807) is 30.3 Å². The minimum atomic E-state index is -0.902. The van der Waals surface area contributed by atoms with E-state index in [2.05, 4.69) is 40.7 Å². The number of carbonyl (C=O) groups is 1. The number of hydrogen-bond acceptors (Lipinski definition) is 6. The second-order valence-corrected chi connectivity index (χ2v) is 17.1. The number of phenols is 1. The summed E-state index contributed by atoms with van der Waals surface area (Å²) < 4.78 is 5.97. The fourth-order valence-corrected chi connectivity index (χ4v) is 11.8. The standard InChI is InChI=1S/C38H54O6/c1-33(2)17-19-38(22-33)20-18-36(5)26(31(38)43)12-13-29-34(3)21-27(41)32(35(4,23-39)28(34)15-16-37(29,36)6)44-30(42)14-9-24-7-10-25(40)11-8-24/h7-12,14,27-29,31-32,39-41,43H,13,15-23H2,1-6H3/t27-,28-,29-,31-,32+,34+,35+,36-,37-,38+/m1/s1. The highest BCUT2D eigenvalue weighted by atomic mass is 16.6. The van der Waals surface area contributed by atoms with Crippen molar-refractivity contribution in [2.75, 3.05) is 6.61 Å². The summed E-state index contributed by atoms with van der Waals surface area (Å²) in [6, 6.07) is 6.53. The summed E-state index contributed by atoms with van der Waals surface area (Å²) in [5.74, 6) is -0.0609. The van der Waals surface area contributed by atoms with Crippen molar-refractivity contribution in [3.8, 4) is 5.75 Å². The van der Waals surface area contributed by atoms with Crippen LogP contribution in [0, 0.1) is 44.3 Å². The number of aliphatic hydroxyl groups is 3. The van der Waals surface area contributed by atoms with Gasteiger partial charge < -0.3 is 25.2 Å². The average molecular weight is 607 g/mol. The molecule has 1 spiro atoms. The van der Waals surface area contributed by atoms with Crippen molar-refractivity contribution in [3.05, 3.63) is 47.6 Å². The normalized spacial score (nSPS) is 46.2. The van der Waals surface area contributed by atoms with Crippen LogP contribution in [0.3, 0.4) is 0 Å². The summed E-state index contributed by atoms with van der Waals surface area (Å²) in [5.41, 5.74) is 1.04. The smallest absolute Gasteiger partial charge is 0.331 e. The molecule has 0 saturated heterocycles. The topological polar surface area (TPSA) is 107 Å². The van der Waals surface area contributed by atoms with Gasteiger partial charge in [-0.15, -0.1) is 0 Å². The van der Waals surface area contributed by atoms with Gasteiger partial charge in [0.05, 0.1) is 18.8 Å². The summed E-state index contributed by atoms with van der Waals surface area (Å²) in [6.07, 6.45) is 11.9. The number of aromatic hydroxyl groups is 1. The Bertz CT molecular complexity index is 1350. The van der Waals surface area contributed by atoms with Crippen molar-refractivity contribution in [2.24, 2.45) is 44.3 Å². The molecule has 0 heterocycles. The molecule has 44 heavy (non-hydrogen) atoms. The molecule has 242 valence electrons. The van der Waals surface area contributed by atoms with E-state index in [4.69, 9.17) is 4.74 Å². The first-order valence-corrected chi connectivity index (χ1v) is 16.9. The number of fused-ring (bicyclic) bond motifs is 5. The molecule has 6 rings (SSSR count). The number of aliphatic hydroxyl groups excluding tert-OH is 3. The maximum atomic E-state index is 13.0. The van der Waals surface area contributed by atoms with E-state index < -0.39 is 29.7 Å². The Morgan fingerprint density at radius 2 is 1.64 bits per heavy atom. The Morgan fingerprint density at radius 1 is 0.955 bits per heavy atom. The van der Waals surface area contributed by atoms with Gasteiger partial charge in [0.2, 0.25) is 0 Å². The quantitative estimate of drug-likeness (QED) is 0.171. The highest BCUT2D eigenvalue weighted by Gasteiger charge is 2.70. The minimum absolute atomic E-state index is 0.0105. The Kier molecular flexibility index (Phi) is 7.54. The molecule has 1 aromatic rings. The van der Waals surface area contributed by atoms with Crippen LogP contribution in [-0.4, -0.2) is 51.3 Å². The fraction of sp³-hybridized carbons (Fsp3) is 0.711. The third-order valence-electron chi connectivity index (χ3n) is 14.2. The molecule has 4 fully saturated rings. The van der Waals surface area contributed by atoms with Crippen molar-refractivity contribution in [1.29, 1.82) is 0 Å². The number of benzene rings is 1. The minimum Gasteiger partial charge on any atom is -0.508 e. The summed E-state index contributed by atoms with van der Waals surface area (Å²) in [7, 11) is 0. The van der Waals surface area contributed by atoms with Crippen LogP contribution >= 0.6 is 0 Å². The fourth-order valence-electron chi connectivity index (χ4n) is 11.8. The van der Waals surface area contributed by atoms with Gasteiger partial charge in [0.1, 0.15) is 11.9 Å². The third-order valence-corrected chi connectivity index (χ3v) is 14.2. The zero-order chi connectivity index (χ0) is 31.9. The predicted molar refractivity (Wildman–Crippen MR) is 171 cm³/mol. The van der Waals surface area contributed by atoms with E-state index in [0.29, 0.717) is 6.42 Å². The lowest BCUT2D eigenvalue weighted by molar-refractivity contribution is -0.249. The molecule has 6 heteroatoms. The molecule has 4 saturated carbocycles. The van der Waals surface area contributed by atoms with E-state index in [0.717, 1.165) is 50.5 Å². The van der Waals surface area contributed by atoms with Crippen LogP contribution in [0.2, 0.25) is 0 Å². The lowest BCUT2D eigenvalue weighted by Crippen LogP contribution is -2.68. The number of carbonyl (C=O) groups excluding carboxylic acids is 1. The van der Waals surface area contributed by atoms with Gasteiger partial charge in [-0.2, -0.15) is 0 Å². The number of phenolic OH excluding ortho intramolecular Hbond substituents is 1. The van der Waals surface area contributed by atoms with Crippen molar-refractivity contribution in [2.45, 2.75) is 118 Å². The molecule has 0 bridgehead atoms. The number of rotatable bonds is 4. The molecule has 0 amide bonds. The monoisotopic (exact) mass is 606 g/mol. The molecule has 1 aromatic carbocycles. The number of hydrogen-bond donors (Lipinski definition) is 4. The first-order chi connectivity index (χ1) is 20.5. The summed E-state index contributed by atoms with van der Waals surface area (Å²) in [4.78, 5) is 13.0. The lowest BCUT2D eigenvalue weighted by atomic mass is 9.34. The van der Waals surface area contributed by atoms with Crippen LogP contribution in [0.15, 0.2) is 42.0 Å². The molecule has 10 atom stereocenters. The van der Waals surface area contributed by atoms with Crippen LogP contribution in [0.5, 0.6) is 5.75 Å². The van der Waals surface area contributed by atoms with Crippen molar-refractivity contribution >= 4 is 12.0 Å². The summed E-state index contributed by atoms with van der Waals surface area (Å²) in [5, 5.41) is 44.2. The van der Waals surface area contributed by atoms with Crippen molar-refractivity contribution in [3.63, 3.8) is 0 Å². The highest BCUT2D eigenvalue weighted by Crippen LogP contribution is 2.75. The molecule has 0 aliphatic heterocycles. The van der Waals surface area contributed by atoms with Crippen LogP contribution in [0.25, 0.3) is 6.08 Å². The van der Waals surface area contributed by atoms with E-state index in [1.165, 1.54) is 18.1 Å². The van der Waals surface area contributed by atoms with E-state index >= 15 is 0 Å². The second kappa shape index (κ2) is 10.4. The van der Waals surface area contributed by atoms with Gasteiger partial charge in [-0.25, -0.2) is 4.79 Å². The molecule has 6 nitrogen and oxygen atoms in total. The third kappa shape index (κ3) is 4.56. The maximum absolute atomic E-state index is 13.0. The summed E-state index contributed by atoms with van der Waals surface area (Å²) >= 11 is 0. The molecule has 0 radical (unpaired) electrons. The molecule has 5 aliphatic carbocycles. The lowest BCUT2D eigenvalue weighted by Gasteiger charge is -2.71. The Balaban J connectivity index is 1.27. The number of allylic oxidation sites excluding steroid dienone is 1. The number of ether oxygens (including phenoxy) is 1. The number of esters is 1. The SMILES string of the molecule is CC1(C)CC[C@]2(CC[C@]3(C)C(=CC[C@@H]4[C@@]5(C)C[C@@H](O)[C@H](OC(=O)C=Cc6ccc(O)cc6)[C@@](C)(CO)[C@@H]5CC[C@]43C)[C@H]2O)C1. The van der Waals surface area contributed by atoms with Gasteiger partial charge in [0, 0.05) is 16.9 Å². The van der Waals surface area contributed by atoms with Crippen LogP contribution in [-0.2, 0) is 9.53 Å². The molecule has 0 aromatic heterocycles. The van der Waals surface area contributed by atoms with Gasteiger partial charge in [0.15, 0.2) is 0 Å². The van der Waals surface area contributed by atoms with Gasteiger partial charge in [-0.3, -0.25) is 0 Å². The van der Waals surface area contributed by atoms with Crippen molar-refractivity contribution in [1.82, 2.24) is 0 Å². The predicted octanol–water partition coefficient (Wildman–Crippen LogP) is 6.81. The first-order valence-electron chi connectivity index (χ1n) is 16.9. The Morgan fingerprint density at radius 3 is 2.27 bits per heavy atom. The van der Waals surface area contributed by atoms with E-state index in [9.17, 15) is 25.2 Å². The van der Waals surface area contributed by atoms with Gasteiger partial charge >= 0.3 is 5.97 Å². The summed E-state index contributed by atoms with van der Waals surface area (Å²) in [6.45, 7) is 13.7. The molecule has 0 unspecified atom stereocenters. The zero-order valence-electron chi connectivity index (χ0n) is 27.6. The van der Waals surface area contributed by atoms with Gasteiger partial charge in [-0.1, -0.05) is 59.8 Å². The maximum Gasteiger partial charge on any atom is 0.331 e. The van der Waals surface area contributed by atoms with E-state index in [-0.39, 0.29) is 51.3 Å². The van der Waals surface area contributed by atoms with Gasteiger partial charge in [0.25, 0.3) is 0 Å². The highest BCUT2D eigenvalue weighted by molar-refractivity contribution is 5.87. The molecular weight excluding hydrogens is 552 g/mol. The largest absolute Gasteiger partial charge is 0.508 e. The van der Waals surface area contributed by atoms with Crippen LogP contribution < -0.4 is 0 Å². The second-order valence-electron chi connectivity index (χ2n) is 17.1. The van der Waals surface area contributed by atoms with Crippen LogP contribution in [0.4, 0.5) is 0 Å². The molecule has 5 aliphatic rings.